The Balaban J connectivity index is 2.82. The topological polar surface area (TPSA) is 51.0 Å². The first-order valence-corrected chi connectivity index (χ1v) is 7.29. The zero-order valence-electron chi connectivity index (χ0n) is 13.9. The summed E-state index contributed by atoms with van der Waals surface area (Å²) in [5.41, 5.74) is 7.11. The molecule has 2 N–H and O–H groups in total. The summed E-state index contributed by atoms with van der Waals surface area (Å²) in [6.07, 6.45) is 1.11. The molecule has 120 valence electrons. The van der Waals surface area contributed by atoms with E-state index in [0.717, 1.165) is 36.6 Å². The molecule has 0 spiro atoms. The van der Waals surface area contributed by atoms with Crippen molar-refractivity contribution >= 4 is 0 Å². The molecule has 0 aliphatic rings. The van der Waals surface area contributed by atoms with Crippen LogP contribution in [-0.2, 0) is 0 Å². The Kier molecular flexibility index (Phi) is 7.50. The summed E-state index contributed by atoms with van der Waals surface area (Å²) >= 11 is 0. The van der Waals surface area contributed by atoms with Crippen molar-refractivity contribution in [3.05, 3.63) is 23.8 Å². The minimum absolute atomic E-state index is 0.163. The lowest BCUT2D eigenvalue weighted by atomic mass is 10.0. The smallest absolute Gasteiger partial charge is 0.122 e. The molecule has 5 heteroatoms. The van der Waals surface area contributed by atoms with E-state index in [1.54, 1.807) is 14.2 Å². The van der Waals surface area contributed by atoms with E-state index in [1.807, 2.05) is 18.2 Å². The van der Waals surface area contributed by atoms with Gasteiger partial charge in [0.2, 0.25) is 0 Å². The van der Waals surface area contributed by atoms with Crippen LogP contribution in [0, 0.1) is 0 Å². The van der Waals surface area contributed by atoms with E-state index >= 15 is 0 Å². The quantitative estimate of drug-likeness (QED) is 0.750. The van der Waals surface area contributed by atoms with E-state index in [4.69, 9.17) is 15.2 Å². The molecule has 21 heavy (non-hydrogen) atoms. The van der Waals surface area contributed by atoms with Crippen molar-refractivity contribution in [3.63, 3.8) is 0 Å². The van der Waals surface area contributed by atoms with Gasteiger partial charge in [0, 0.05) is 18.7 Å². The van der Waals surface area contributed by atoms with Crippen molar-refractivity contribution in [2.24, 2.45) is 5.73 Å². The number of rotatable bonds is 9. The zero-order chi connectivity index (χ0) is 15.8. The molecule has 1 atom stereocenters. The molecule has 0 amide bonds. The number of nitrogens with zero attached hydrogens (tertiary/aromatic N) is 2. The van der Waals surface area contributed by atoms with Crippen molar-refractivity contribution in [2.45, 2.75) is 12.5 Å². The predicted molar refractivity (Wildman–Crippen MR) is 87.1 cm³/mol. The van der Waals surface area contributed by atoms with Crippen molar-refractivity contribution in [3.8, 4) is 11.5 Å². The van der Waals surface area contributed by atoms with Gasteiger partial charge in [-0.15, -0.1) is 0 Å². The highest BCUT2D eigenvalue weighted by atomic mass is 16.5. The molecule has 5 nitrogen and oxygen atoms in total. The van der Waals surface area contributed by atoms with Gasteiger partial charge in [-0.25, -0.2) is 0 Å². The third kappa shape index (κ3) is 5.53. The highest BCUT2D eigenvalue weighted by molar-refractivity contribution is 5.40. The monoisotopic (exact) mass is 295 g/mol. The average molecular weight is 295 g/mol. The first-order chi connectivity index (χ1) is 10.0. The van der Waals surface area contributed by atoms with Crippen LogP contribution >= 0.6 is 0 Å². The van der Waals surface area contributed by atoms with Crippen molar-refractivity contribution in [1.82, 2.24) is 9.80 Å². The molecule has 0 heterocycles. The molecule has 0 aliphatic heterocycles. The average Bonchev–Trinajstić information content (AvgIpc) is 2.47. The predicted octanol–water partition coefficient (Wildman–Crippen LogP) is 1.59. The van der Waals surface area contributed by atoms with Gasteiger partial charge < -0.3 is 20.1 Å². The fourth-order valence-corrected chi connectivity index (χ4v) is 2.38. The van der Waals surface area contributed by atoms with E-state index in [-0.39, 0.29) is 6.04 Å². The number of hydrogen-bond acceptors (Lipinski definition) is 5. The summed E-state index contributed by atoms with van der Waals surface area (Å²) in [6, 6.07) is 6.10. The Morgan fingerprint density at radius 1 is 1.00 bits per heavy atom. The van der Waals surface area contributed by atoms with Gasteiger partial charge in [0.15, 0.2) is 0 Å². The Hall–Kier alpha value is -1.30. The van der Waals surface area contributed by atoms with E-state index in [2.05, 4.69) is 30.9 Å². The number of benzene rings is 1. The normalized spacial score (nSPS) is 12.8. The number of methoxy groups -OCH3 is 2. The standard InChI is InChI=1S/C16H29N3O2/c1-18(2)7-6-8-19(3)16(12-17)13-9-14(20-4)11-15(10-13)21-5/h9-11,16H,6-8,12,17H2,1-5H3. The molecule has 0 aliphatic carbocycles. The maximum absolute atomic E-state index is 5.99. The second-order valence-corrected chi connectivity index (χ2v) is 5.53. The Bertz CT molecular complexity index is 402. The van der Waals surface area contributed by atoms with Gasteiger partial charge >= 0.3 is 0 Å². The lowest BCUT2D eigenvalue weighted by Gasteiger charge is -2.28. The van der Waals surface area contributed by atoms with Gasteiger partial charge in [0.1, 0.15) is 11.5 Å². The van der Waals surface area contributed by atoms with Crippen molar-refractivity contribution in [2.75, 3.05) is 55.0 Å². The maximum Gasteiger partial charge on any atom is 0.122 e. The summed E-state index contributed by atoms with van der Waals surface area (Å²) in [5.74, 6) is 1.59. The largest absolute Gasteiger partial charge is 0.497 e. The van der Waals surface area contributed by atoms with Gasteiger partial charge in [0.05, 0.1) is 14.2 Å². The fraction of sp³-hybridized carbons (Fsp3) is 0.625. The summed E-state index contributed by atoms with van der Waals surface area (Å²) in [6.45, 7) is 2.64. The molecule has 1 aromatic carbocycles. The number of likely N-dealkylation sites (N-methyl/N-ethyl adjacent to an activating group) is 1. The second kappa shape index (κ2) is 8.87. The Morgan fingerprint density at radius 3 is 2.00 bits per heavy atom. The Morgan fingerprint density at radius 2 is 1.57 bits per heavy atom. The van der Waals surface area contributed by atoms with Gasteiger partial charge in [-0.1, -0.05) is 0 Å². The van der Waals surface area contributed by atoms with Crippen molar-refractivity contribution < 1.29 is 9.47 Å². The van der Waals surface area contributed by atoms with E-state index < -0.39 is 0 Å². The van der Waals surface area contributed by atoms with Crippen LogP contribution in [0.25, 0.3) is 0 Å². The van der Waals surface area contributed by atoms with Gasteiger partial charge in [-0.2, -0.15) is 0 Å². The molecule has 1 unspecified atom stereocenters. The Labute approximate surface area is 128 Å². The molecule has 0 bridgehead atoms. The second-order valence-electron chi connectivity index (χ2n) is 5.53. The van der Waals surface area contributed by atoms with Crippen LogP contribution in [0.3, 0.4) is 0 Å². The SMILES string of the molecule is COc1cc(OC)cc(C(CN)N(C)CCCN(C)C)c1. The molecule has 0 fully saturated rings. The third-order valence-electron chi connectivity index (χ3n) is 3.63. The van der Waals surface area contributed by atoms with Crippen molar-refractivity contribution in [1.29, 1.82) is 0 Å². The van der Waals surface area contributed by atoms with Gasteiger partial charge in [0.25, 0.3) is 0 Å². The maximum atomic E-state index is 5.99. The fourth-order valence-electron chi connectivity index (χ4n) is 2.38. The third-order valence-corrected chi connectivity index (χ3v) is 3.63. The molecule has 1 rings (SSSR count). The van der Waals surface area contributed by atoms with E-state index in [9.17, 15) is 0 Å². The lowest BCUT2D eigenvalue weighted by molar-refractivity contribution is 0.234. The molecule has 1 aromatic rings. The summed E-state index contributed by atoms with van der Waals surface area (Å²) in [7, 11) is 9.62. The molecule has 0 aromatic heterocycles. The van der Waals surface area contributed by atoms with Crippen LogP contribution in [-0.4, -0.2) is 64.8 Å². The first kappa shape index (κ1) is 17.8. The molecular formula is C16H29N3O2. The van der Waals surface area contributed by atoms with Crippen LogP contribution in [0.15, 0.2) is 18.2 Å². The summed E-state index contributed by atoms with van der Waals surface area (Å²) in [5, 5.41) is 0. The number of nitrogens with two attached hydrogens (primary N) is 1. The first-order valence-electron chi connectivity index (χ1n) is 7.29. The van der Waals surface area contributed by atoms with Crippen LogP contribution in [0.1, 0.15) is 18.0 Å². The zero-order valence-corrected chi connectivity index (χ0v) is 13.9. The van der Waals surface area contributed by atoms with Crippen LogP contribution in [0.5, 0.6) is 11.5 Å². The van der Waals surface area contributed by atoms with Gasteiger partial charge in [-0.05, 0) is 58.3 Å². The van der Waals surface area contributed by atoms with Gasteiger partial charge in [-0.3, -0.25) is 4.90 Å². The van der Waals surface area contributed by atoms with E-state index in [0.29, 0.717) is 6.54 Å². The summed E-state index contributed by atoms with van der Waals surface area (Å²) < 4.78 is 10.7. The highest BCUT2D eigenvalue weighted by Gasteiger charge is 2.17. The lowest BCUT2D eigenvalue weighted by Crippen LogP contribution is -2.32. The van der Waals surface area contributed by atoms with Crippen LogP contribution in [0.2, 0.25) is 0 Å². The van der Waals surface area contributed by atoms with Crippen LogP contribution < -0.4 is 15.2 Å². The molecular weight excluding hydrogens is 266 g/mol. The minimum Gasteiger partial charge on any atom is -0.497 e. The minimum atomic E-state index is 0.163. The summed E-state index contributed by atoms with van der Waals surface area (Å²) in [4.78, 5) is 4.48. The molecule has 0 saturated carbocycles. The number of ether oxygens (including phenoxy) is 2. The molecule has 0 saturated heterocycles. The highest BCUT2D eigenvalue weighted by Crippen LogP contribution is 2.28. The van der Waals surface area contributed by atoms with E-state index in [1.165, 1.54) is 0 Å². The molecule has 0 radical (unpaired) electrons. The number of hydrogen-bond donors (Lipinski definition) is 1. The van der Waals surface area contributed by atoms with Crippen LogP contribution in [0.4, 0.5) is 0 Å².